The summed E-state index contributed by atoms with van der Waals surface area (Å²) in [7, 11) is 0. The zero-order valence-electron chi connectivity index (χ0n) is 20.9. The minimum atomic E-state index is -2.86. The summed E-state index contributed by atoms with van der Waals surface area (Å²) in [4.78, 5) is 17.3. The number of alkyl halides is 2. The fourth-order valence-corrected chi connectivity index (χ4v) is 5.37. The van der Waals surface area contributed by atoms with Crippen molar-refractivity contribution in [1.29, 1.82) is 0 Å². The van der Waals surface area contributed by atoms with Gasteiger partial charge in [0.2, 0.25) is 0 Å². The Kier molecular flexibility index (Phi) is 8.02. The number of halogens is 2. The molecule has 38 heavy (non-hydrogen) atoms. The van der Waals surface area contributed by atoms with Gasteiger partial charge in [-0.25, -0.2) is 4.98 Å². The third-order valence-electron chi connectivity index (χ3n) is 7.24. The number of non-ortho nitro benzene ring substituents is 1. The van der Waals surface area contributed by atoms with E-state index in [1.165, 1.54) is 12.1 Å². The van der Waals surface area contributed by atoms with Crippen molar-refractivity contribution in [3.8, 4) is 17.1 Å². The molecule has 0 amide bonds. The van der Waals surface area contributed by atoms with Crippen LogP contribution in [0.1, 0.15) is 38.5 Å². The zero-order chi connectivity index (χ0) is 26.5. The number of anilines is 2. The first-order chi connectivity index (χ1) is 18.4. The summed E-state index contributed by atoms with van der Waals surface area (Å²) in [5.74, 6) is 0.634. The molecule has 9 nitrogen and oxygen atoms in total. The summed E-state index contributed by atoms with van der Waals surface area (Å²) in [5.41, 5.74) is 1.82. The highest BCUT2D eigenvalue weighted by Gasteiger charge is 2.30. The van der Waals surface area contributed by atoms with Gasteiger partial charge in [-0.1, -0.05) is 12.8 Å². The Morgan fingerprint density at radius 2 is 1.76 bits per heavy atom. The van der Waals surface area contributed by atoms with Crippen molar-refractivity contribution in [2.75, 3.05) is 23.3 Å². The predicted octanol–water partition coefficient (Wildman–Crippen LogP) is 5.83. The van der Waals surface area contributed by atoms with E-state index in [4.69, 9.17) is 4.42 Å². The third-order valence-corrected chi connectivity index (χ3v) is 7.24. The molecule has 0 unspecified atom stereocenters. The van der Waals surface area contributed by atoms with Gasteiger partial charge in [0.15, 0.2) is 5.76 Å². The maximum absolute atomic E-state index is 12.4. The SMILES string of the molecule is O=[N+]([O-])c1ccc(N2CCC[C@H](N[C@@H]3CCCC[C@H]3Nc3ncc(-c4ccc(OC(F)F)cc4)o3)C2)cc1. The van der Waals surface area contributed by atoms with E-state index < -0.39 is 6.61 Å². The second-order valence-electron chi connectivity index (χ2n) is 9.80. The highest BCUT2D eigenvalue weighted by atomic mass is 19.3. The molecule has 0 spiro atoms. The molecule has 2 fully saturated rings. The van der Waals surface area contributed by atoms with E-state index in [0.717, 1.165) is 62.9 Å². The highest BCUT2D eigenvalue weighted by molar-refractivity contribution is 5.58. The molecule has 11 heteroatoms. The molecule has 1 aromatic heterocycles. The van der Waals surface area contributed by atoms with Crippen LogP contribution in [0.25, 0.3) is 11.3 Å². The van der Waals surface area contributed by atoms with E-state index >= 15 is 0 Å². The standard InChI is InChI=1S/C27H31F2N5O4/c28-26(29)37-22-13-7-18(8-14-22)25-16-30-27(38-25)32-24-6-2-1-5-23(24)31-19-4-3-15-33(17-19)20-9-11-21(12-10-20)34(35)36/h7-14,16,19,23-24,26,31H,1-6,15,17H2,(H,30,32)/t19-,23+,24+/m0/s1. The molecule has 3 atom stereocenters. The van der Waals surface area contributed by atoms with E-state index in [2.05, 4.69) is 25.3 Å². The van der Waals surface area contributed by atoms with Crippen molar-refractivity contribution < 1.29 is 22.9 Å². The Bertz CT molecular complexity index is 1200. The van der Waals surface area contributed by atoms with Gasteiger partial charge in [-0.05, 0) is 62.1 Å². The van der Waals surface area contributed by atoms with E-state index in [9.17, 15) is 18.9 Å². The van der Waals surface area contributed by atoms with Crippen LogP contribution in [0.2, 0.25) is 0 Å². The Balaban J connectivity index is 1.19. The molecule has 202 valence electrons. The van der Waals surface area contributed by atoms with Gasteiger partial charge >= 0.3 is 6.61 Å². The van der Waals surface area contributed by atoms with Crippen molar-refractivity contribution >= 4 is 17.4 Å². The van der Waals surface area contributed by atoms with Gasteiger partial charge in [-0.2, -0.15) is 8.78 Å². The lowest BCUT2D eigenvalue weighted by molar-refractivity contribution is -0.384. The number of nitro groups is 1. The van der Waals surface area contributed by atoms with Crippen LogP contribution in [0.15, 0.2) is 59.1 Å². The Morgan fingerprint density at radius 1 is 1.03 bits per heavy atom. The Labute approximate surface area is 219 Å². The maximum atomic E-state index is 12.4. The first-order valence-electron chi connectivity index (χ1n) is 13.0. The van der Waals surface area contributed by atoms with Gasteiger partial charge in [-0.15, -0.1) is 0 Å². The average molecular weight is 528 g/mol. The van der Waals surface area contributed by atoms with E-state index in [0.29, 0.717) is 17.8 Å². The number of aromatic nitrogens is 1. The summed E-state index contributed by atoms with van der Waals surface area (Å²) < 4.78 is 35.1. The van der Waals surface area contributed by atoms with Crippen LogP contribution < -0.4 is 20.3 Å². The highest BCUT2D eigenvalue weighted by Crippen LogP contribution is 2.29. The smallest absolute Gasteiger partial charge is 0.387 e. The molecule has 2 N–H and O–H groups in total. The number of benzene rings is 2. The lowest BCUT2D eigenvalue weighted by atomic mass is 9.89. The monoisotopic (exact) mass is 527 g/mol. The Morgan fingerprint density at radius 3 is 2.47 bits per heavy atom. The van der Waals surface area contributed by atoms with Gasteiger partial charge in [0.1, 0.15) is 5.75 Å². The van der Waals surface area contributed by atoms with E-state index in [-0.39, 0.29) is 28.4 Å². The number of hydrogen-bond acceptors (Lipinski definition) is 8. The molecule has 5 rings (SSSR count). The first kappa shape index (κ1) is 25.9. The van der Waals surface area contributed by atoms with Crippen LogP contribution in [0.5, 0.6) is 5.75 Å². The first-order valence-corrected chi connectivity index (χ1v) is 13.0. The molecule has 1 saturated carbocycles. The number of hydrogen-bond donors (Lipinski definition) is 2. The van der Waals surface area contributed by atoms with Crippen LogP contribution >= 0.6 is 0 Å². The molecule has 1 aliphatic carbocycles. The largest absolute Gasteiger partial charge is 0.435 e. The van der Waals surface area contributed by atoms with Gasteiger partial charge in [-0.3, -0.25) is 10.1 Å². The molecule has 1 saturated heterocycles. The quantitative estimate of drug-likeness (QED) is 0.264. The van der Waals surface area contributed by atoms with E-state index in [1.54, 1.807) is 30.5 Å². The molecule has 1 aliphatic heterocycles. The number of piperidine rings is 1. The minimum Gasteiger partial charge on any atom is -0.435 e. The number of nitro benzene ring substituents is 1. The number of nitrogens with one attached hydrogen (secondary N) is 2. The summed E-state index contributed by atoms with van der Waals surface area (Å²) in [6, 6.07) is 14.2. The van der Waals surface area contributed by atoms with Crippen molar-refractivity contribution in [3.05, 3.63) is 64.8 Å². The van der Waals surface area contributed by atoms with Crippen molar-refractivity contribution in [1.82, 2.24) is 10.3 Å². The second kappa shape index (κ2) is 11.8. The lowest BCUT2D eigenvalue weighted by Gasteiger charge is -2.40. The topological polar surface area (TPSA) is 106 Å². The molecule has 3 aromatic rings. The molecule has 2 heterocycles. The number of nitrogens with zero attached hydrogens (tertiary/aromatic N) is 3. The normalized spacial score (nSPS) is 21.9. The third kappa shape index (κ3) is 6.39. The summed E-state index contributed by atoms with van der Waals surface area (Å²) in [5, 5.41) is 18.3. The van der Waals surface area contributed by atoms with Gasteiger partial charge in [0.05, 0.1) is 11.1 Å². The number of rotatable bonds is 9. The summed E-state index contributed by atoms with van der Waals surface area (Å²) in [6.45, 7) is -1.09. The van der Waals surface area contributed by atoms with Crippen LogP contribution in [-0.4, -0.2) is 47.7 Å². The van der Waals surface area contributed by atoms with Crippen LogP contribution in [0.3, 0.4) is 0 Å². The summed E-state index contributed by atoms with van der Waals surface area (Å²) in [6.07, 6.45) is 8.05. The van der Waals surface area contributed by atoms with Gasteiger partial charge in [0.25, 0.3) is 11.7 Å². The van der Waals surface area contributed by atoms with E-state index in [1.807, 2.05) is 12.1 Å². The van der Waals surface area contributed by atoms with Crippen LogP contribution in [-0.2, 0) is 0 Å². The molecule has 0 radical (unpaired) electrons. The van der Waals surface area contributed by atoms with Crippen molar-refractivity contribution in [2.24, 2.45) is 0 Å². The number of oxazole rings is 1. The molecule has 2 aromatic carbocycles. The summed E-state index contributed by atoms with van der Waals surface area (Å²) >= 11 is 0. The lowest BCUT2D eigenvalue weighted by Crippen LogP contribution is -2.54. The van der Waals surface area contributed by atoms with Crippen molar-refractivity contribution in [2.45, 2.75) is 63.3 Å². The Hall–Kier alpha value is -3.73. The molecule has 2 aliphatic rings. The fraction of sp³-hybridized carbons (Fsp3) is 0.444. The van der Waals surface area contributed by atoms with Crippen molar-refractivity contribution in [3.63, 3.8) is 0 Å². The molecular formula is C27H31F2N5O4. The molecule has 0 bridgehead atoms. The second-order valence-corrected chi connectivity index (χ2v) is 9.80. The molecular weight excluding hydrogens is 496 g/mol. The number of ether oxygens (including phenoxy) is 1. The van der Waals surface area contributed by atoms with Crippen LogP contribution in [0, 0.1) is 10.1 Å². The zero-order valence-corrected chi connectivity index (χ0v) is 20.9. The van der Waals surface area contributed by atoms with Crippen LogP contribution in [0.4, 0.5) is 26.2 Å². The minimum absolute atomic E-state index is 0.0904. The average Bonchev–Trinajstić information content (AvgIpc) is 3.39. The maximum Gasteiger partial charge on any atom is 0.387 e. The predicted molar refractivity (Wildman–Crippen MR) is 140 cm³/mol. The van der Waals surface area contributed by atoms with Gasteiger partial charge in [0, 0.05) is 54.6 Å². The van der Waals surface area contributed by atoms with Gasteiger partial charge < -0.3 is 24.7 Å². The fourth-order valence-electron chi connectivity index (χ4n) is 5.37.